The molecule has 0 radical (unpaired) electrons. The van der Waals surface area contributed by atoms with Crippen LogP contribution in [0.4, 0.5) is 0 Å². The van der Waals surface area contributed by atoms with Crippen molar-refractivity contribution >= 4 is 17.7 Å². The summed E-state index contributed by atoms with van der Waals surface area (Å²) in [6, 6.07) is 1.17. The number of aromatic hydroxyl groups is 1. The van der Waals surface area contributed by atoms with E-state index < -0.39 is 23.6 Å². The maximum atomic E-state index is 12.1. The molecule has 2 rings (SSSR count). The molecule has 28 heavy (non-hydrogen) atoms. The summed E-state index contributed by atoms with van der Waals surface area (Å²) in [6.45, 7) is 2.18. The standard InChI is InChI=1S/C21H26O7/c1-3-4-5-6-7-8-9-10-11-27-20-18(24)16-15(28-21(20)25)12-14(13-22)19(26-2)17(16)23/h10-12,20,23-24H,3-9H2,1-2H3. The Hall–Kier alpha value is -2.92. The second kappa shape index (κ2) is 10.4. The maximum Gasteiger partial charge on any atom is 0.360 e. The predicted octanol–water partition coefficient (Wildman–Crippen LogP) is 2.14. The summed E-state index contributed by atoms with van der Waals surface area (Å²) >= 11 is 0. The summed E-state index contributed by atoms with van der Waals surface area (Å²) in [4.78, 5) is 23.1. The van der Waals surface area contributed by atoms with E-state index >= 15 is 0 Å². The Morgan fingerprint density at radius 1 is 1.21 bits per heavy atom. The first-order valence-electron chi connectivity index (χ1n) is 9.45. The van der Waals surface area contributed by atoms with Crippen LogP contribution in [-0.2, 0) is 14.3 Å². The third kappa shape index (κ3) is 4.87. The molecule has 1 heterocycles. The highest BCUT2D eigenvalue weighted by Gasteiger charge is 2.34. The lowest BCUT2D eigenvalue weighted by molar-refractivity contribution is -0.142. The van der Waals surface area contributed by atoms with Crippen molar-refractivity contribution in [1.29, 1.82) is 0 Å². The van der Waals surface area contributed by atoms with Crippen molar-refractivity contribution in [1.82, 2.24) is 0 Å². The van der Waals surface area contributed by atoms with Gasteiger partial charge < -0.3 is 24.4 Å². The molecular formula is C21H26O7. The average Bonchev–Trinajstić information content (AvgIpc) is 2.68. The fourth-order valence-electron chi connectivity index (χ4n) is 3.01. The Morgan fingerprint density at radius 2 is 1.93 bits per heavy atom. The number of fused-ring (bicyclic) bond motifs is 1. The molecule has 0 saturated carbocycles. The van der Waals surface area contributed by atoms with Crippen molar-refractivity contribution in [2.75, 3.05) is 7.11 Å². The molecule has 1 aromatic carbocycles. The number of carbonyl (C=O) groups is 1. The number of hydrogen-bond donors (Lipinski definition) is 2. The Kier molecular flexibility index (Phi) is 7.96. The molecule has 1 aromatic rings. The van der Waals surface area contributed by atoms with Gasteiger partial charge in [0.1, 0.15) is 22.1 Å². The van der Waals surface area contributed by atoms with Gasteiger partial charge in [0.2, 0.25) is 0 Å². The molecule has 0 bridgehead atoms. The number of aliphatic hydroxyl groups is 1. The van der Waals surface area contributed by atoms with Gasteiger partial charge in [0, 0.05) is 6.07 Å². The van der Waals surface area contributed by atoms with E-state index in [1.807, 2.05) is 0 Å². The van der Waals surface area contributed by atoms with E-state index in [0.717, 1.165) is 19.3 Å². The van der Waals surface area contributed by atoms with Gasteiger partial charge in [0.05, 0.1) is 13.4 Å². The lowest BCUT2D eigenvalue weighted by Crippen LogP contribution is -2.39. The van der Waals surface area contributed by atoms with E-state index in [2.05, 4.69) is 6.92 Å². The first kappa shape index (κ1) is 21.4. The lowest BCUT2D eigenvalue weighted by atomic mass is 10.1. The van der Waals surface area contributed by atoms with E-state index in [9.17, 15) is 19.8 Å². The third-order valence-corrected chi connectivity index (χ3v) is 4.50. The van der Waals surface area contributed by atoms with Gasteiger partial charge in [0.15, 0.2) is 17.3 Å². The van der Waals surface area contributed by atoms with Crippen LogP contribution in [-0.4, -0.2) is 35.3 Å². The van der Waals surface area contributed by atoms with Crippen molar-refractivity contribution in [3.8, 4) is 17.2 Å². The molecular weight excluding hydrogens is 364 g/mol. The largest absolute Gasteiger partial charge is 0.507 e. The summed E-state index contributed by atoms with van der Waals surface area (Å²) in [5.41, 5.74) is 0. The van der Waals surface area contributed by atoms with Gasteiger partial charge in [-0.15, -0.1) is 0 Å². The summed E-state index contributed by atoms with van der Waals surface area (Å²) in [5.74, 6) is -0.622. The minimum atomic E-state index is -1.41. The van der Waals surface area contributed by atoms with Crippen molar-refractivity contribution in [3.05, 3.63) is 28.8 Å². The van der Waals surface area contributed by atoms with Crippen LogP contribution in [0.2, 0.25) is 0 Å². The number of allylic oxidation sites excluding steroid dienone is 1. The zero-order valence-corrected chi connectivity index (χ0v) is 16.2. The van der Waals surface area contributed by atoms with Crippen LogP contribution in [0, 0.1) is 0 Å². The van der Waals surface area contributed by atoms with Gasteiger partial charge in [-0.2, -0.15) is 0 Å². The van der Waals surface area contributed by atoms with Crippen LogP contribution in [0.3, 0.4) is 0 Å². The van der Waals surface area contributed by atoms with Crippen molar-refractivity contribution < 1.29 is 34.0 Å². The molecule has 0 aliphatic carbocycles. The zero-order chi connectivity index (χ0) is 20.5. The van der Waals surface area contributed by atoms with Crippen LogP contribution in [0.25, 0.3) is 5.76 Å². The second-order valence-electron chi connectivity index (χ2n) is 6.53. The van der Waals surface area contributed by atoms with Gasteiger partial charge in [-0.05, 0) is 18.9 Å². The number of phenolic OH excluding ortho intramolecular Hbond substituents is 1. The Morgan fingerprint density at radius 3 is 2.61 bits per heavy atom. The van der Waals surface area contributed by atoms with Crippen molar-refractivity contribution in [2.24, 2.45) is 0 Å². The monoisotopic (exact) mass is 390 g/mol. The van der Waals surface area contributed by atoms with Gasteiger partial charge in [-0.25, -0.2) is 9.59 Å². The molecule has 1 aliphatic rings. The number of ether oxygens (including phenoxy) is 3. The fourth-order valence-corrected chi connectivity index (χ4v) is 3.01. The van der Waals surface area contributed by atoms with Crippen molar-refractivity contribution in [2.45, 2.75) is 58.0 Å². The second-order valence-corrected chi connectivity index (χ2v) is 6.53. The quantitative estimate of drug-likeness (QED) is 0.273. The zero-order valence-electron chi connectivity index (χ0n) is 16.2. The van der Waals surface area contributed by atoms with Crippen LogP contribution in [0.1, 0.15) is 51.9 Å². The molecule has 0 spiro atoms. The lowest BCUT2D eigenvalue weighted by Gasteiger charge is -2.21. The molecule has 0 fully saturated rings. The molecule has 0 saturated heterocycles. The highest BCUT2D eigenvalue weighted by Crippen LogP contribution is 2.25. The minimum absolute atomic E-state index is 0.127. The first-order valence-corrected chi connectivity index (χ1v) is 9.45. The fraction of sp³-hybridized carbons (Fsp3) is 0.476. The van der Waals surface area contributed by atoms with E-state index in [-0.39, 0.29) is 21.9 Å². The predicted molar refractivity (Wildman–Crippen MR) is 102 cm³/mol. The normalized spacial score (nSPS) is 15.9. The number of hydrogen-bond acceptors (Lipinski definition) is 7. The molecule has 1 atom stereocenters. The molecule has 7 heteroatoms. The molecule has 0 aromatic heterocycles. The number of carbonyl (C=O) groups excluding carboxylic acids is 2. The van der Waals surface area contributed by atoms with Crippen LogP contribution in [0.5, 0.6) is 17.2 Å². The molecule has 7 nitrogen and oxygen atoms in total. The van der Waals surface area contributed by atoms with Crippen LogP contribution >= 0.6 is 0 Å². The van der Waals surface area contributed by atoms with E-state index in [4.69, 9.17) is 14.2 Å². The maximum absolute atomic E-state index is 12.1. The first-order chi connectivity index (χ1) is 13.5. The van der Waals surface area contributed by atoms with E-state index in [0.29, 0.717) is 0 Å². The SMILES string of the molecule is CCCCCCCCC=COC1C(=O)Oc2cc(=C=O)c(OC)c(O)c2=C1O. The van der Waals surface area contributed by atoms with Crippen LogP contribution in [0.15, 0.2) is 18.4 Å². The van der Waals surface area contributed by atoms with E-state index in [1.165, 1.54) is 45.1 Å². The van der Waals surface area contributed by atoms with Crippen molar-refractivity contribution in [3.63, 3.8) is 0 Å². The number of benzene rings is 1. The summed E-state index contributed by atoms with van der Waals surface area (Å²) in [7, 11) is 1.26. The minimum Gasteiger partial charge on any atom is -0.507 e. The summed E-state index contributed by atoms with van der Waals surface area (Å²) in [6.07, 6.45) is 9.56. The molecule has 1 unspecified atom stereocenters. The van der Waals surface area contributed by atoms with Gasteiger partial charge in [-0.3, -0.25) is 0 Å². The molecule has 0 amide bonds. The number of unbranched alkanes of at least 4 members (excludes halogenated alkanes) is 6. The number of rotatable bonds is 10. The summed E-state index contributed by atoms with van der Waals surface area (Å²) < 4.78 is 15.4. The molecule has 2 N–H and O–H groups in total. The van der Waals surface area contributed by atoms with Gasteiger partial charge in [-0.1, -0.05) is 39.0 Å². The summed E-state index contributed by atoms with van der Waals surface area (Å²) in [5, 5.41) is 20.4. The van der Waals surface area contributed by atoms with Crippen LogP contribution < -0.4 is 19.9 Å². The topological polar surface area (TPSA) is 102 Å². The highest BCUT2D eigenvalue weighted by atomic mass is 16.6. The average molecular weight is 390 g/mol. The highest BCUT2D eigenvalue weighted by molar-refractivity contribution is 5.89. The Bertz CT molecular complexity index is 866. The number of esters is 1. The number of aliphatic hydroxyl groups excluding tert-OH is 1. The smallest absolute Gasteiger partial charge is 0.360 e. The van der Waals surface area contributed by atoms with Gasteiger partial charge in [0.25, 0.3) is 6.10 Å². The molecule has 1 aliphatic heterocycles. The number of methoxy groups -OCH3 is 1. The Balaban J connectivity index is 2.10. The van der Waals surface area contributed by atoms with E-state index in [1.54, 1.807) is 12.0 Å². The Labute approximate surface area is 163 Å². The molecule has 152 valence electrons. The number of phenols is 1. The third-order valence-electron chi connectivity index (χ3n) is 4.50. The van der Waals surface area contributed by atoms with Gasteiger partial charge >= 0.3 is 5.97 Å².